The average Bonchev–Trinajstić information content (AvgIpc) is 3.21. The van der Waals surface area contributed by atoms with Crippen LogP contribution in [-0.4, -0.2) is 40.0 Å². The molecule has 1 saturated heterocycles. The maximum Gasteiger partial charge on any atom is 0.238 e. The zero-order chi connectivity index (χ0) is 20.9. The summed E-state index contributed by atoms with van der Waals surface area (Å²) in [6.45, 7) is 5.19. The monoisotopic (exact) mass is 422 g/mol. The molecule has 2 heterocycles. The predicted octanol–water partition coefficient (Wildman–Crippen LogP) is 4.86. The minimum absolute atomic E-state index is 0.00865. The molecular formula is C24H27ClN4O. The molecule has 0 spiro atoms. The number of imidazole rings is 1. The lowest BCUT2D eigenvalue weighted by molar-refractivity contribution is -0.117. The average molecular weight is 423 g/mol. The van der Waals surface area contributed by atoms with E-state index in [1.54, 1.807) is 6.07 Å². The summed E-state index contributed by atoms with van der Waals surface area (Å²) in [5, 5.41) is 3.62. The number of hydrogen-bond acceptors (Lipinski definition) is 3. The first-order valence-corrected chi connectivity index (χ1v) is 10.8. The van der Waals surface area contributed by atoms with E-state index < -0.39 is 0 Å². The van der Waals surface area contributed by atoms with Crippen molar-refractivity contribution in [3.8, 4) is 11.4 Å². The number of piperidine rings is 1. The highest BCUT2D eigenvalue weighted by atomic mass is 35.5. The number of carbonyl (C=O) groups excluding carboxylic acids is 1. The third-order valence-electron chi connectivity index (χ3n) is 5.73. The highest BCUT2D eigenvalue weighted by Gasteiger charge is 2.22. The number of benzene rings is 2. The summed E-state index contributed by atoms with van der Waals surface area (Å²) in [5.74, 6) is 1.63. The summed E-state index contributed by atoms with van der Waals surface area (Å²) in [5.41, 5.74) is 2.90. The molecule has 2 aromatic carbocycles. The molecule has 156 valence electrons. The molecule has 0 atom stereocenters. The summed E-state index contributed by atoms with van der Waals surface area (Å²) >= 11 is 6.15. The highest BCUT2D eigenvalue weighted by molar-refractivity contribution is 6.31. The van der Waals surface area contributed by atoms with Crippen LogP contribution >= 0.6 is 11.6 Å². The maximum absolute atomic E-state index is 12.4. The van der Waals surface area contributed by atoms with Gasteiger partial charge in [-0.05, 0) is 56.5 Å². The van der Waals surface area contributed by atoms with E-state index in [0.29, 0.717) is 17.5 Å². The Balaban J connectivity index is 1.27. The van der Waals surface area contributed by atoms with E-state index >= 15 is 0 Å². The number of anilines is 1. The number of nitrogens with one attached hydrogen (secondary N) is 1. The number of carbonyl (C=O) groups is 1. The lowest BCUT2D eigenvalue weighted by atomic mass is 9.96. The Bertz CT molecular complexity index is 993. The number of amides is 1. The van der Waals surface area contributed by atoms with Crippen LogP contribution in [0.1, 0.15) is 18.4 Å². The first kappa shape index (κ1) is 20.6. The van der Waals surface area contributed by atoms with E-state index in [-0.39, 0.29) is 5.91 Å². The van der Waals surface area contributed by atoms with Crippen molar-refractivity contribution < 1.29 is 4.79 Å². The SMILES string of the molecule is Cc1ccc(NC(=O)CN2CCC(Cn3ccnc3-c3ccccc3)CC2)cc1Cl. The minimum Gasteiger partial charge on any atom is -0.331 e. The van der Waals surface area contributed by atoms with Crippen molar-refractivity contribution in [3.05, 3.63) is 71.5 Å². The van der Waals surface area contributed by atoms with Gasteiger partial charge in [0.25, 0.3) is 0 Å². The molecule has 3 aromatic rings. The Hall–Kier alpha value is -2.63. The van der Waals surface area contributed by atoms with E-state index in [4.69, 9.17) is 11.6 Å². The normalized spacial score (nSPS) is 15.3. The van der Waals surface area contributed by atoms with Gasteiger partial charge < -0.3 is 9.88 Å². The fourth-order valence-electron chi connectivity index (χ4n) is 3.98. The molecular weight excluding hydrogens is 396 g/mol. The van der Waals surface area contributed by atoms with Crippen LogP contribution in [0, 0.1) is 12.8 Å². The van der Waals surface area contributed by atoms with Gasteiger partial charge in [0.05, 0.1) is 6.54 Å². The molecule has 1 aromatic heterocycles. The van der Waals surface area contributed by atoms with Crippen LogP contribution in [-0.2, 0) is 11.3 Å². The fraction of sp³-hybridized carbons (Fsp3) is 0.333. The van der Waals surface area contributed by atoms with Gasteiger partial charge in [-0.25, -0.2) is 4.98 Å². The molecule has 5 nitrogen and oxygen atoms in total. The van der Waals surface area contributed by atoms with Crippen molar-refractivity contribution in [2.75, 3.05) is 25.0 Å². The third kappa shape index (κ3) is 5.10. The summed E-state index contributed by atoms with van der Waals surface area (Å²) in [6.07, 6.45) is 6.10. The largest absolute Gasteiger partial charge is 0.331 e. The lowest BCUT2D eigenvalue weighted by Crippen LogP contribution is -2.40. The van der Waals surface area contributed by atoms with Crippen molar-refractivity contribution in [3.63, 3.8) is 0 Å². The number of halogens is 1. The summed E-state index contributed by atoms with van der Waals surface area (Å²) in [4.78, 5) is 19.2. The first-order valence-electron chi connectivity index (χ1n) is 10.4. The van der Waals surface area contributed by atoms with Crippen molar-refractivity contribution >= 4 is 23.2 Å². The van der Waals surface area contributed by atoms with Crippen molar-refractivity contribution in [1.29, 1.82) is 0 Å². The molecule has 4 rings (SSSR count). The second kappa shape index (κ2) is 9.45. The standard InChI is InChI=1S/C24H27ClN4O/c1-18-7-8-21(15-22(18)25)27-23(30)17-28-12-9-19(10-13-28)16-29-14-11-26-24(29)20-5-3-2-4-6-20/h2-8,11,14-15,19H,9-10,12-13,16-17H2,1H3,(H,27,30). The number of nitrogens with zero attached hydrogens (tertiary/aromatic N) is 3. The van der Waals surface area contributed by atoms with Crippen LogP contribution in [0.3, 0.4) is 0 Å². The number of likely N-dealkylation sites (tertiary alicyclic amines) is 1. The molecule has 0 radical (unpaired) electrons. The molecule has 0 aliphatic carbocycles. The van der Waals surface area contributed by atoms with Gasteiger partial charge in [0.1, 0.15) is 5.82 Å². The van der Waals surface area contributed by atoms with Gasteiger partial charge in [0, 0.05) is 35.2 Å². The van der Waals surface area contributed by atoms with Crippen molar-refractivity contribution in [1.82, 2.24) is 14.5 Å². The van der Waals surface area contributed by atoms with Gasteiger partial charge in [-0.2, -0.15) is 0 Å². The molecule has 1 fully saturated rings. The van der Waals surface area contributed by atoms with Gasteiger partial charge in [-0.15, -0.1) is 0 Å². The topological polar surface area (TPSA) is 50.2 Å². The van der Waals surface area contributed by atoms with E-state index in [1.807, 2.05) is 43.5 Å². The highest BCUT2D eigenvalue weighted by Crippen LogP contribution is 2.24. The molecule has 1 N–H and O–H groups in total. The van der Waals surface area contributed by atoms with Gasteiger partial charge in [-0.3, -0.25) is 9.69 Å². The Morgan fingerprint density at radius 1 is 1.17 bits per heavy atom. The lowest BCUT2D eigenvalue weighted by Gasteiger charge is -2.31. The predicted molar refractivity (Wildman–Crippen MR) is 122 cm³/mol. The first-order chi connectivity index (χ1) is 14.6. The Kier molecular flexibility index (Phi) is 6.50. The summed E-state index contributed by atoms with van der Waals surface area (Å²) in [6, 6.07) is 15.9. The molecule has 6 heteroatoms. The van der Waals surface area contributed by atoms with Gasteiger partial charge >= 0.3 is 0 Å². The second-order valence-corrected chi connectivity index (χ2v) is 8.41. The molecule has 0 saturated carbocycles. The molecule has 1 aliphatic heterocycles. The van der Waals surface area contributed by atoms with Crippen LogP contribution < -0.4 is 5.32 Å². The van der Waals surface area contributed by atoms with Crippen molar-refractivity contribution in [2.45, 2.75) is 26.3 Å². The summed E-state index contributed by atoms with van der Waals surface area (Å²) in [7, 11) is 0. The van der Waals surface area contributed by atoms with Crippen LogP contribution in [0.2, 0.25) is 5.02 Å². The molecule has 0 unspecified atom stereocenters. The zero-order valence-electron chi connectivity index (χ0n) is 17.2. The molecule has 0 bridgehead atoms. The van der Waals surface area contributed by atoms with Crippen LogP contribution in [0.25, 0.3) is 11.4 Å². The Morgan fingerprint density at radius 2 is 1.93 bits per heavy atom. The second-order valence-electron chi connectivity index (χ2n) is 8.00. The van der Waals surface area contributed by atoms with E-state index in [2.05, 4.69) is 38.1 Å². The molecule has 30 heavy (non-hydrogen) atoms. The van der Waals surface area contributed by atoms with Crippen LogP contribution in [0.5, 0.6) is 0 Å². The van der Waals surface area contributed by atoms with E-state index in [1.165, 1.54) is 0 Å². The van der Waals surface area contributed by atoms with Crippen LogP contribution in [0.15, 0.2) is 60.9 Å². The fourth-order valence-corrected chi connectivity index (χ4v) is 4.16. The van der Waals surface area contributed by atoms with Gasteiger partial charge in [0.2, 0.25) is 5.91 Å². The van der Waals surface area contributed by atoms with Crippen LogP contribution in [0.4, 0.5) is 5.69 Å². The smallest absolute Gasteiger partial charge is 0.238 e. The minimum atomic E-state index is 0.00865. The Morgan fingerprint density at radius 3 is 2.67 bits per heavy atom. The summed E-state index contributed by atoms with van der Waals surface area (Å²) < 4.78 is 2.25. The number of aromatic nitrogens is 2. The zero-order valence-corrected chi connectivity index (χ0v) is 18.0. The molecule has 1 aliphatic rings. The van der Waals surface area contributed by atoms with Gasteiger partial charge in [-0.1, -0.05) is 48.0 Å². The third-order valence-corrected chi connectivity index (χ3v) is 6.14. The Labute approximate surface area is 182 Å². The van der Waals surface area contributed by atoms with E-state index in [9.17, 15) is 4.79 Å². The number of hydrogen-bond donors (Lipinski definition) is 1. The van der Waals surface area contributed by atoms with E-state index in [0.717, 1.165) is 55.1 Å². The number of aryl methyl sites for hydroxylation is 1. The molecule has 1 amide bonds. The van der Waals surface area contributed by atoms with Crippen molar-refractivity contribution in [2.24, 2.45) is 5.92 Å². The number of rotatable bonds is 6. The quantitative estimate of drug-likeness (QED) is 0.617. The maximum atomic E-state index is 12.4. The van der Waals surface area contributed by atoms with Gasteiger partial charge in [0.15, 0.2) is 0 Å².